The Hall–Kier alpha value is -2.28. The Morgan fingerprint density at radius 1 is 1.33 bits per heavy atom. The van der Waals surface area contributed by atoms with Crippen LogP contribution >= 0.6 is 0 Å². The average molecular weight is 284 g/mol. The van der Waals surface area contributed by atoms with Gasteiger partial charge in [-0.15, -0.1) is 0 Å². The molecule has 1 fully saturated rings. The zero-order valence-corrected chi connectivity index (χ0v) is 12.2. The first-order valence-corrected chi connectivity index (χ1v) is 7.32. The quantitative estimate of drug-likeness (QED) is 0.662. The first-order valence-electron chi connectivity index (χ1n) is 7.32. The molecule has 2 N–H and O–H groups in total. The zero-order chi connectivity index (χ0) is 15.2. The van der Waals surface area contributed by atoms with Gasteiger partial charge in [0.25, 0.3) is 5.91 Å². The van der Waals surface area contributed by atoms with Crippen molar-refractivity contribution in [1.29, 1.82) is 5.26 Å². The molecule has 0 saturated heterocycles. The van der Waals surface area contributed by atoms with Gasteiger partial charge in [-0.3, -0.25) is 4.79 Å². The van der Waals surface area contributed by atoms with Crippen LogP contribution in [0.1, 0.15) is 38.2 Å². The third kappa shape index (κ3) is 4.09. The maximum atomic E-state index is 12.2. The lowest BCUT2D eigenvalue weighted by molar-refractivity contribution is -0.118. The van der Waals surface area contributed by atoms with Crippen LogP contribution in [0, 0.1) is 17.2 Å². The molecule has 1 saturated carbocycles. The molecule has 0 heterocycles. The molecule has 21 heavy (non-hydrogen) atoms. The summed E-state index contributed by atoms with van der Waals surface area (Å²) in [5.74, 6) is 0.298. The Kier molecular flexibility index (Phi) is 4.99. The van der Waals surface area contributed by atoms with Crippen LogP contribution < -0.4 is 5.32 Å². The van der Waals surface area contributed by atoms with Crippen molar-refractivity contribution < 1.29 is 9.90 Å². The summed E-state index contributed by atoms with van der Waals surface area (Å²) in [4.78, 5) is 12.2. The summed E-state index contributed by atoms with van der Waals surface area (Å²) in [6.07, 6.45) is 5.97. The minimum atomic E-state index is -0.315. The van der Waals surface area contributed by atoms with Gasteiger partial charge in [-0.1, -0.05) is 31.9 Å². The van der Waals surface area contributed by atoms with Gasteiger partial charge in [-0.25, -0.2) is 0 Å². The van der Waals surface area contributed by atoms with E-state index in [-0.39, 0.29) is 23.3 Å². The summed E-state index contributed by atoms with van der Waals surface area (Å²) in [6, 6.07) is 8.51. The predicted octanol–water partition coefficient (Wildman–Crippen LogP) is 2.99. The van der Waals surface area contributed by atoms with Crippen LogP contribution in [0.2, 0.25) is 0 Å². The first kappa shape index (κ1) is 15.1. The summed E-state index contributed by atoms with van der Waals surface area (Å²) in [5, 5.41) is 21.4. The van der Waals surface area contributed by atoms with E-state index in [0.717, 1.165) is 24.8 Å². The zero-order valence-electron chi connectivity index (χ0n) is 12.2. The van der Waals surface area contributed by atoms with Gasteiger partial charge in [-0.05, 0) is 42.5 Å². The van der Waals surface area contributed by atoms with E-state index < -0.39 is 0 Å². The summed E-state index contributed by atoms with van der Waals surface area (Å²) >= 11 is 0. The van der Waals surface area contributed by atoms with E-state index in [2.05, 4.69) is 12.2 Å². The van der Waals surface area contributed by atoms with E-state index in [1.165, 1.54) is 18.6 Å². The molecule has 0 bridgehead atoms. The van der Waals surface area contributed by atoms with Gasteiger partial charge >= 0.3 is 0 Å². The molecule has 0 unspecified atom stereocenters. The number of nitrogens with one attached hydrogen (secondary N) is 1. The Morgan fingerprint density at radius 2 is 2.00 bits per heavy atom. The van der Waals surface area contributed by atoms with Crippen molar-refractivity contribution in [1.82, 2.24) is 5.32 Å². The van der Waals surface area contributed by atoms with E-state index in [9.17, 15) is 15.2 Å². The minimum absolute atomic E-state index is 0.0958. The first-order chi connectivity index (χ1) is 10.1. The van der Waals surface area contributed by atoms with E-state index in [1.807, 2.05) is 6.07 Å². The highest BCUT2D eigenvalue weighted by molar-refractivity contribution is 6.01. The standard InChI is InChI=1S/C17H20N2O2/c1-12-4-2-3-5-16(12)19-17(21)14(11-18)10-13-6-8-15(20)9-7-13/h6-10,12,16,20H,2-5H2,1H3,(H,19,21)/b14-10+/t12-,16-/m1/s1. The SMILES string of the molecule is C[C@@H]1CCCC[C@H]1NC(=O)/C(C#N)=C/c1ccc(O)cc1. The number of carbonyl (C=O) groups excluding carboxylic acids is 1. The molecular formula is C17H20N2O2. The summed E-state index contributed by atoms with van der Waals surface area (Å²) in [7, 11) is 0. The number of hydrogen-bond acceptors (Lipinski definition) is 3. The second-order valence-electron chi connectivity index (χ2n) is 5.60. The monoisotopic (exact) mass is 284 g/mol. The number of amides is 1. The van der Waals surface area contributed by atoms with Crippen molar-refractivity contribution in [2.75, 3.05) is 0 Å². The topological polar surface area (TPSA) is 73.1 Å². The van der Waals surface area contributed by atoms with Crippen LogP contribution in [0.15, 0.2) is 29.8 Å². The Balaban J connectivity index is 2.08. The number of aromatic hydroxyl groups is 1. The van der Waals surface area contributed by atoms with E-state index >= 15 is 0 Å². The Morgan fingerprint density at radius 3 is 2.62 bits per heavy atom. The van der Waals surface area contributed by atoms with Crippen LogP contribution in [-0.4, -0.2) is 17.1 Å². The molecule has 1 aromatic carbocycles. The van der Waals surface area contributed by atoms with Crippen molar-refractivity contribution in [3.05, 3.63) is 35.4 Å². The largest absolute Gasteiger partial charge is 0.508 e. The number of nitrogens with zero attached hydrogens (tertiary/aromatic N) is 1. The van der Waals surface area contributed by atoms with Gasteiger partial charge in [0.15, 0.2) is 0 Å². The second-order valence-corrected chi connectivity index (χ2v) is 5.60. The van der Waals surface area contributed by atoms with E-state index in [4.69, 9.17) is 0 Å². The smallest absolute Gasteiger partial charge is 0.262 e. The molecule has 1 aromatic rings. The highest BCUT2D eigenvalue weighted by atomic mass is 16.3. The van der Waals surface area contributed by atoms with E-state index in [1.54, 1.807) is 18.2 Å². The number of rotatable bonds is 3. The van der Waals surface area contributed by atoms with Crippen molar-refractivity contribution >= 4 is 12.0 Å². The molecule has 0 aromatic heterocycles. The molecule has 0 spiro atoms. The van der Waals surface area contributed by atoms with Gasteiger partial charge < -0.3 is 10.4 Å². The minimum Gasteiger partial charge on any atom is -0.508 e. The molecular weight excluding hydrogens is 264 g/mol. The fraction of sp³-hybridized carbons (Fsp3) is 0.412. The van der Waals surface area contributed by atoms with Crippen LogP contribution in [0.25, 0.3) is 6.08 Å². The third-order valence-electron chi connectivity index (χ3n) is 4.00. The highest BCUT2D eigenvalue weighted by Crippen LogP contribution is 2.24. The van der Waals surface area contributed by atoms with Gasteiger partial charge in [0.05, 0.1) is 0 Å². The van der Waals surface area contributed by atoms with E-state index in [0.29, 0.717) is 5.92 Å². The van der Waals surface area contributed by atoms with Gasteiger partial charge in [0.2, 0.25) is 0 Å². The molecule has 110 valence electrons. The predicted molar refractivity (Wildman–Crippen MR) is 81.3 cm³/mol. The summed E-state index contributed by atoms with van der Waals surface area (Å²) in [5.41, 5.74) is 0.814. The summed E-state index contributed by atoms with van der Waals surface area (Å²) < 4.78 is 0. The number of benzene rings is 1. The lowest BCUT2D eigenvalue weighted by Crippen LogP contribution is -2.41. The highest BCUT2D eigenvalue weighted by Gasteiger charge is 2.23. The lowest BCUT2D eigenvalue weighted by atomic mass is 9.86. The van der Waals surface area contributed by atoms with Crippen molar-refractivity contribution in [2.24, 2.45) is 5.92 Å². The van der Waals surface area contributed by atoms with Crippen molar-refractivity contribution in [2.45, 2.75) is 38.6 Å². The molecule has 2 rings (SSSR count). The van der Waals surface area contributed by atoms with Crippen LogP contribution in [0.5, 0.6) is 5.75 Å². The molecule has 2 atom stereocenters. The molecule has 0 aliphatic heterocycles. The van der Waals surface area contributed by atoms with Crippen molar-refractivity contribution in [3.63, 3.8) is 0 Å². The fourth-order valence-corrected chi connectivity index (χ4v) is 2.66. The second kappa shape index (κ2) is 6.94. The van der Waals surface area contributed by atoms with Gasteiger partial charge in [0.1, 0.15) is 17.4 Å². The van der Waals surface area contributed by atoms with Crippen LogP contribution in [-0.2, 0) is 4.79 Å². The fourth-order valence-electron chi connectivity index (χ4n) is 2.66. The molecule has 0 radical (unpaired) electrons. The molecule has 4 nitrogen and oxygen atoms in total. The van der Waals surface area contributed by atoms with Gasteiger partial charge in [0, 0.05) is 6.04 Å². The number of nitriles is 1. The third-order valence-corrected chi connectivity index (χ3v) is 4.00. The Labute approximate surface area is 125 Å². The Bertz CT molecular complexity index is 569. The molecule has 1 aliphatic rings. The average Bonchev–Trinajstić information content (AvgIpc) is 2.49. The summed E-state index contributed by atoms with van der Waals surface area (Å²) in [6.45, 7) is 2.14. The lowest BCUT2D eigenvalue weighted by Gasteiger charge is -2.29. The normalized spacial score (nSPS) is 22.4. The number of phenolic OH excluding ortho intramolecular Hbond substituents is 1. The maximum Gasteiger partial charge on any atom is 0.262 e. The number of phenols is 1. The van der Waals surface area contributed by atoms with Gasteiger partial charge in [-0.2, -0.15) is 5.26 Å². The number of carbonyl (C=O) groups is 1. The molecule has 1 amide bonds. The number of hydrogen-bond donors (Lipinski definition) is 2. The maximum absolute atomic E-state index is 12.2. The molecule has 1 aliphatic carbocycles. The van der Waals surface area contributed by atoms with Crippen LogP contribution in [0.4, 0.5) is 0 Å². The van der Waals surface area contributed by atoms with Crippen molar-refractivity contribution in [3.8, 4) is 11.8 Å². The van der Waals surface area contributed by atoms with Crippen LogP contribution in [0.3, 0.4) is 0 Å². The molecule has 4 heteroatoms.